The number of carbonyl (C=O) groups is 1. The highest BCUT2D eigenvalue weighted by Crippen LogP contribution is 2.30. The summed E-state index contributed by atoms with van der Waals surface area (Å²) in [5.41, 5.74) is 1.12. The molecule has 5 nitrogen and oxygen atoms in total. The SMILES string of the molecule is COC(=O)C(OS(=O)(=O)c1ccc(C)cc1)c1ccccc1Cl. The van der Waals surface area contributed by atoms with E-state index >= 15 is 0 Å². The van der Waals surface area contributed by atoms with E-state index in [2.05, 4.69) is 4.74 Å². The van der Waals surface area contributed by atoms with Gasteiger partial charge in [-0.3, -0.25) is 0 Å². The van der Waals surface area contributed by atoms with Gasteiger partial charge in [-0.15, -0.1) is 0 Å². The van der Waals surface area contributed by atoms with E-state index in [1.54, 1.807) is 24.3 Å². The average molecular weight is 355 g/mol. The minimum absolute atomic E-state index is 0.0518. The first kappa shape index (κ1) is 17.5. The van der Waals surface area contributed by atoms with Crippen LogP contribution >= 0.6 is 11.6 Å². The first-order valence-corrected chi connectivity index (χ1v) is 8.46. The Hall–Kier alpha value is -1.89. The smallest absolute Gasteiger partial charge is 0.341 e. The van der Waals surface area contributed by atoms with Crippen molar-refractivity contribution in [3.8, 4) is 0 Å². The van der Waals surface area contributed by atoms with Crippen molar-refractivity contribution in [2.24, 2.45) is 0 Å². The highest BCUT2D eigenvalue weighted by Gasteiger charge is 2.31. The number of benzene rings is 2. The molecule has 0 bridgehead atoms. The normalized spacial score (nSPS) is 12.7. The Labute approximate surface area is 139 Å². The third-order valence-electron chi connectivity index (χ3n) is 3.14. The molecule has 0 heterocycles. The van der Waals surface area contributed by atoms with Gasteiger partial charge in [-0.1, -0.05) is 47.5 Å². The molecule has 0 saturated heterocycles. The molecule has 0 amide bonds. The number of aryl methyl sites for hydroxylation is 1. The largest absolute Gasteiger partial charge is 0.467 e. The van der Waals surface area contributed by atoms with E-state index < -0.39 is 22.2 Å². The van der Waals surface area contributed by atoms with E-state index in [-0.39, 0.29) is 15.5 Å². The maximum Gasteiger partial charge on any atom is 0.341 e. The Morgan fingerprint density at radius 2 is 1.70 bits per heavy atom. The predicted molar refractivity (Wildman–Crippen MR) is 85.7 cm³/mol. The van der Waals surface area contributed by atoms with Crippen LogP contribution in [0.25, 0.3) is 0 Å². The first-order valence-electron chi connectivity index (χ1n) is 6.67. The van der Waals surface area contributed by atoms with Crippen molar-refractivity contribution in [2.45, 2.75) is 17.9 Å². The van der Waals surface area contributed by atoms with Crippen LogP contribution in [0.15, 0.2) is 53.4 Å². The van der Waals surface area contributed by atoms with Crippen molar-refractivity contribution in [1.82, 2.24) is 0 Å². The Balaban J connectivity index is 2.40. The summed E-state index contributed by atoms with van der Waals surface area (Å²) in [6, 6.07) is 12.4. The van der Waals surface area contributed by atoms with Crippen LogP contribution in [0.4, 0.5) is 0 Å². The summed E-state index contributed by atoms with van der Waals surface area (Å²) in [4.78, 5) is 11.9. The number of hydrogen-bond donors (Lipinski definition) is 0. The molecule has 0 aliphatic carbocycles. The van der Waals surface area contributed by atoms with Gasteiger partial charge in [0, 0.05) is 10.6 Å². The standard InChI is InChI=1S/C16H15ClO5S/c1-11-7-9-12(10-8-11)23(19,20)22-15(16(18)21-2)13-5-3-4-6-14(13)17/h3-10,15H,1-2H3. The Morgan fingerprint density at radius 3 is 2.26 bits per heavy atom. The molecule has 1 atom stereocenters. The maximum absolute atomic E-state index is 12.4. The molecule has 2 aromatic rings. The fourth-order valence-corrected chi connectivity index (χ4v) is 3.15. The number of rotatable bonds is 5. The Kier molecular flexibility index (Phi) is 5.41. The lowest BCUT2D eigenvalue weighted by molar-refractivity contribution is -0.149. The van der Waals surface area contributed by atoms with Crippen molar-refractivity contribution < 1.29 is 22.1 Å². The molecule has 0 radical (unpaired) electrons. The Bertz CT molecular complexity index is 799. The second kappa shape index (κ2) is 7.12. The second-order valence-corrected chi connectivity index (χ2v) is 6.77. The van der Waals surface area contributed by atoms with Crippen molar-refractivity contribution in [2.75, 3.05) is 7.11 Å². The van der Waals surface area contributed by atoms with Crippen molar-refractivity contribution >= 4 is 27.7 Å². The van der Waals surface area contributed by atoms with E-state index in [4.69, 9.17) is 15.8 Å². The van der Waals surface area contributed by atoms with Crippen LogP contribution in [0.1, 0.15) is 17.2 Å². The molecule has 1 unspecified atom stereocenters. The van der Waals surface area contributed by atoms with E-state index in [0.717, 1.165) is 12.7 Å². The van der Waals surface area contributed by atoms with Gasteiger partial charge in [0.25, 0.3) is 10.1 Å². The topological polar surface area (TPSA) is 69.7 Å². The van der Waals surface area contributed by atoms with Crippen LogP contribution < -0.4 is 0 Å². The fourth-order valence-electron chi connectivity index (χ4n) is 1.90. The lowest BCUT2D eigenvalue weighted by atomic mass is 10.1. The molecule has 2 rings (SSSR count). The quantitative estimate of drug-likeness (QED) is 0.608. The lowest BCUT2D eigenvalue weighted by Crippen LogP contribution is -2.21. The molecule has 0 aromatic heterocycles. The summed E-state index contributed by atoms with van der Waals surface area (Å²) in [6.45, 7) is 1.83. The first-order chi connectivity index (χ1) is 10.8. The van der Waals surface area contributed by atoms with Crippen LogP contribution in [0.5, 0.6) is 0 Å². The molecule has 7 heteroatoms. The maximum atomic E-state index is 12.4. The van der Waals surface area contributed by atoms with Crippen LogP contribution in [0, 0.1) is 6.92 Å². The fraction of sp³-hybridized carbons (Fsp3) is 0.188. The monoisotopic (exact) mass is 354 g/mol. The molecule has 122 valence electrons. The zero-order valence-corrected chi connectivity index (χ0v) is 14.1. The van der Waals surface area contributed by atoms with Gasteiger partial charge in [0.05, 0.1) is 12.0 Å². The molecule has 0 aliphatic heterocycles. The van der Waals surface area contributed by atoms with Gasteiger partial charge in [0.15, 0.2) is 0 Å². The summed E-state index contributed by atoms with van der Waals surface area (Å²) < 4.78 is 34.5. The molecular formula is C16H15ClO5S. The number of methoxy groups -OCH3 is 1. The minimum Gasteiger partial charge on any atom is -0.467 e. The molecule has 2 aromatic carbocycles. The third-order valence-corrected chi connectivity index (χ3v) is 4.78. The van der Waals surface area contributed by atoms with Gasteiger partial charge in [-0.25, -0.2) is 8.98 Å². The molecule has 0 saturated carbocycles. The predicted octanol–water partition coefficient (Wildman–Crippen LogP) is 3.27. The van der Waals surface area contributed by atoms with E-state index in [1.807, 2.05) is 6.92 Å². The molecule has 0 fully saturated rings. The van der Waals surface area contributed by atoms with Gasteiger partial charge in [0.2, 0.25) is 6.10 Å². The van der Waals surface area contributed by atoms with E-state index in [1.165, 1.54) is 24.3 Å². The number of hydrogen-bond acceptors (Lipinski definition) is 5. The zero-order valence-electron chi connectivity index (χ0n) is 12.5. The van der Waals surface area contributed by atoms with Crippen LogP contribution in [0.2, 0.25) is 5.02 Å². The van der Waals surface area contributed by atoms with E-state index in [9.17, 15) is 13.2 Å². The van der Waals surface area contributed by atoms with Crippen molar-refractivity contribution in [3.05, 3.63) is 64.7 Å². The number of halogens is 1. The van der Waals surface area contributed by atoms with Crippen molar-refractivity contribution in [3.63, 3.8) is 0 Å². The minimum atomic E-state index is -4.16. The molecule has 0 spiro atoms. The Morgan fingerprint density at radius 1 is 1.09 bits per heavy atom. The van der Waals surface area contributed by atoms with Gasteiger partial charge in [-0.05, 0) is 25.1 Å². The summed E-state index contributed by atoms with van der Waals surface area (Å²) in [6.07, 6.45) is -1.47. The van der Waals surface area contributed by atoms with Gasteiger partial charge in [-0.2, -0.15) is 8.42 Å². The van der Waals surface area contributed by atoms with Gasteiger partial charge < -0.3 is 4.74 Å². The van der Waals surface area contributed by atoms with Crippen LogP contribution in [0.3, 0.4) is 0 Å². The molecule has 0 aliphatic rings. The number of carbonyl (C=O) groups excluding carboxylic acids is 1. The highest BCUT2D eigenvalue weighted by atomic mass is 35.5. The van der Waals surface area contributed by atoms with Crippen LogP contribution in [-0.4, -0.2) is 21.5 Å². The average Bonchev–Trinajstić information content (AvgIpc) is 2.53. The van der Waals surface area contributed by atoms with Crippen molar-refractivity contribution in [1.29, 1.82) is 0 Å². The van der Waals surface area contributed by atoms with Crippen LogP contribution in [-0.2, 0) is 23.8 Å². The van der Waals surface area contributed by atoms with Gasteiger partial charge in [0.1, 0.15) is 0 Å². The second-order valence-electron chi connectivity index (χ2n) is 4.79. The number of ether oxygens (including phenoxy) is 1. The summed E-state index contributed by atoms with van der Waals surface area (Å²) in [7, 11) is -3.01. The summed E-state index contributed by atoms with van der Waals surface area (Å²) in [5, 5.41) is 0.210. The summed E-state index contributed by atoms with van der Waals surface area (Å²) in [5.74, 6) is -0.853. The zero-order chi connectivity index (χ0) is 17.0. The van der Waals surface area contributed by atoms with Gasteiger partial charge >= 0.3 is 5.97 Å². The van der Waals surface area contributed by atoms with E-state index in [0.29, 0.717) is 0 Å². The third kappa shape index (κ3) is 4.10. The lowest BCUT2D eigenvalue weighted by Gasteiger charge is -2.17. The molecular weight excluding hydrogens is 340 g/mol. The molecule has 23 heavy (non-hydrogen) atoms. The number of esters is 1. The molecule has 0 N–H and O–H groups in total. The highest BCUT2D eigenvalue weighted by molar-refractivity contribution is 7.86. The summed E-state index contributed by atoms with van der Waals surface area (Å²) >= 11 is 6.03.